The fourth-order valence-corrected chi connectivity index (χ4v) is 3.81. The minimum absolute atomic E-state index is 0. The highest BCUT2D eigenvalue weighted by Crippen LogP contribution is 2.15. The Balaban J connectivity index is 0.00000261. The fourth-order valence-electron chi connectivity index (χ4n) is 3.81. The number of nitrogens with zero attached hydrogens (tertiary/aromatic N) is 4. The first kappa shape index (κ1) is 22.0. The predicted octanol–water partition coefficient (Wildman–Crippen LogP) is 2.11. The first-order valence-corrected chi connectivity index (χ1v) is 9.71. The number of halogens is 1. The number of nitrogens with one attached hydrogen (secondary N) is 1. The highest BCUT2D eigenvalue weighted by molar-refractivity contribution is 14.0. The number of piperidine rings is 1. The first-order valence-electron chi connectivity index (χ1n) is 9.71. The lowest BCUT2D eigenvalue weighted by molar-refractivity contribution is 0.0657. The molecule has 1 aromatic heterocycles. The lowest BCUT2D eigenvalue weighted by Crippen LogP contribution is -2.54. The average Bonchev–Trinajstić information content (AvgIpc) is 3.21. The molecule has 0 aromatic carbocycles. The first-order chi connectivity index (χ1) is 12.7. The van der Waals surface area contributed by atoms with Crippen molar-refractivity contribution < 1.29 is 9.21 Å². The number of carbonyl (C=O) groups is 1. The smallest absolute Gasteiger partial charge is 0.289 e. The van der Waals surface area contributed by atoms with Crippen LogP contribution in [0.5, 0.6) is 0 Å². The Kier molecular flexibility index (Phi) is 8.88. The third-order valence-electron chi connectivity index (χ3n) is 5.43. The standard InChI is InChI=1S/C19H31N5O2.HI/c1-16-6-3-4-9-22(16)10-8-21-19(20-2)24-13-11-23(12-14-24)18(25)17-7-5-15-26-17;/h5,7,15-16H,3-4,6,8-14H2,1-2H3,(H,20,21);1H. The van der Waals surface area contributed by atoms with Gasteiger partial charge in [-0.1, -0.05) is 6.42 Å². The highest BCUT2D eigenvalue weighted by atomic mass is 127. The summed E-state index contributed by atoms with van der Waals surface area (Å²) in [6.07, 6.45) is 5.51. The molecule has 7 nitrogen and oxygen atoms in total. The summed E-state index contributed by atoms with van der Waals surface area (Å²) >= 11 is 0. The Bertz CT molecular complexity index is 599. The molecule has 2 saturated heterocycles. The third-order valence-corrected chi connectivity index (χ3v) is 5.43. The molecule has 0 aliphatic carbocycles. The van der Waals surface area contributed by atoms with E-state index in [0.29, 0.717) is 24.9 Å². The summed E-state index contributed by atoms with van der Waals surface area (Å²) in [5.41, 5.74) is 0. The number of furan rings is 1. The summed E-state index contributed by atoms with van der Waals surface area (Å²) in [6, 6.07) is 4.15. The largest absolute Gasteiger partial charge is 0.459 e. The van der Waals surface area contributed by atoms with Crippen LogP contribution in [0.1, 0.15) is 36.7 Å². The number of carbonyl (C=O) groups excluding carboxylic acids is 1. The molecular formula is C19H32IN5O2. The van der Waals surface area contributed by atoms with E-state index in [2.05, 4.69) is 27.0 Å². The maximum Gasteiger partial charge on any atom is 0.289 e. The molecule has 2 aliphatic rings. The molecule has 1 N–H and O–H groups in total. The molecule has 2 fully saturated rings. The van der Waals surface area contributed by atoms with Gasteiger partial charge in [-0.2, -0.15) is 0 Å². The van der Waals surface area contributed by atoms with Gasteiger partial charge in [-0.05, 0) is 38.4 Å². The molecule has 27 heavy (non-hydrogen) atoms. The molecule has 0 spiro atoms. The van der Waals surface area contributed by atoms with Crippen molar-refractivity contribution in [2.24, 2.45) is 4.99 Å². The number of amides is 1. The normalized spacial score (nSPS) is 21.7. The number of aliphatic imine (C=N–C) groups is 1. The van der Waals surface area contributed by atoms with Gasteiger partial charge in [-0.15, -0.1) is 24.0 Å². The maximum absolute atomic E-state index is 12.3. The van der Waals surface area contributed by atoms with Gasteiger partial charge in [0.25, 0.3) is 5.91 Å². The zero-order chi connectivity index (χ0) is 18.4. The third kappa shape index (κ3) is 5.84. The summed E-state index contributed by atoms with van der Waals surface area (Å²) in [7, 11) is 1.83. The predicted molar refractivity (Wildman–Crippen MR) is 118 cm³/mol. The van der Waals surface area contributed by atoms with Crippen LogP contribution in [0, 0.1) is 0 Å². The molecule has 0 saturated carbocycles. The quantitative estimate of drug-likeness (QED) is 0.399. The van der Waals surface area contributed by atoms with Crippen LogP contribution in [-0.2, 0) is 0 Å². The Hall–Kier alpha value is -1.29. The van der Waals surface area contributed by atoms with E-state index in [1.807, 2.05) is 11.9 Å². The van der Waals surface area contributed by atoms with Crippen molar-refractivity contribution in [3.63, 3.8) is 0 Å². The monoisotopic (exact) mass is 489 g/mol. The van der Waals surface area contributed by atoms with E-state index in [4.69, 9.17) is 4.42 Å². The van der Waals surface area contributed by atoms with Gasteiger partial charge in [0.15, 0.2) is 11.7 Å². The topological polar surface area (TPSA) is 64.3 Å². The number of guanidine groups is 1. The van der Waals surface area contributed by atoms with Gasteiger partial charge < -0.3 is 19.5 Å². The van der Waals surface area contributed by atoms with Crippen LogP contribution >= 0.6 is 24.0 Å². The molecule has 1 atom stereocenters. The average molecular weight is 489 g/mol. The van der Waals surface area contributed by atoms with E-state index < -0.39 is 0 Å². The van der Waals surface area contributed by atoms with E-state index in [9.17, 15) is 4.79 Å². The zero-order valence-corrected chi connectivity index (χ0v) is 18.7. The van der Waals surface area contributed by atoms with Crippen molar-refractivity contribution in [2.75, 3.05) is 52.9 Å². The van der Waals surface area contributed by atoms with Crippen LogP contribution in [0.25, 0.3) is 0 Å². The van der Waals surface area contributed by atoms with Crippen LogP contribution < -0.4 is 5.32 Å². The summed E-state index contributed by atoms with van der Waals surface area (Å²) in [6.45, 7) is 8.42. The Morgan fingerprint density at radius 1 is 1.22 bits per heavy atom. The summed E-state index contributed by atoms with van der Waals surface area (Å²) in [4.78, 5) is 23.4. The van der Waals surface area contributed by atoms with Crippen LogP contribution in [0.4, 0.5) is 0 Å². The van der Waals surface area contributed by atoms with E-state index in [0.717, 1.165) is 32.1 Å². The minimum Gasteiger partial charge on any atom is -0.459 e. The molecular weight excluding hydrogens is 457 g/mol. The van der Waals surface area contributed by atoms with Gasteiger partial charge in [-0.3, -0.25) is 14.7 Å². The van der Waals surface area contributed by atoms with E-state index in [1.165, 1.54) is 25.8 Å². The van der Waals surface area contributed by atoms with Crippen LogP contribution in [0.2, 0.25) is 0 Å². The lowest BCUT2D eigenvalue weighted by Gasteiger charge is -2.37. The number of hydrogen-bond donors (Lipinski definition) is 1. The molecule has 0 bridgehead atoms. The van der Waals surface area contributed by atoms with Gasteiger partial charge >= 0.3 is 0 Å². The van der Waals surface area contributed by atoms with Crippen LogP contribution in [0.3, 0.4) is 0 Å². The number of hydrogen-bond acceptors (Lipinski definition) is 4. The Labute approximate surface area is 179 Å². The maximum atomic E-state index is 12.3. The van der Waals surface area contributed by atoms with Gasteiger partial charge in [0.1, 0.15) is 0 Å². The molecule has 2 aliphatic heterocycles. The SMILES string of the molecule is CN=C(NCCN1CCCCC1C)N1CCN(C(=O)c2ccco2)CC1.I. The minimum atomic E-state index is -0.0308. The number of rotatable bonds is 4. The van der Waals surface area contributed by atoms with Crippen LogP contribution in [0.15, 0.2) is 27.8 Å². The van der Waals surface area contributed by atoms with Crippen molar-refractivity contribution >= 4 is 35.8 Å². The van der Waals surface area contributed by atoms with E-state index in [-0.39, 0.29) is 29.9 Å². The molecule has 0 radical (unpaired) electrons. The molecule has 1 aromatic rings. The molecule has 1 unspecified atom stereocenters. The van der Waals surface area contributed by atoms with Gasteiger partial charge in [0, 0.05) is 52.4 Å². The lowest BCUT2D eigenvalue weighted by atomic mass is 10.0. The fraction of sp³-hybridized carbons (Fsp3) is 0.684. The van der Waals surface area contributed by atoms with Gasteiger partial charge in [-0.25, -0.2) is 0 Å². The van der Waals surface area contributed by atoms with Crippen molar-refractivity contribution in [3.05, 3.63) is 24.2 Å². The van der Waals surface area contributed by atoms with E-state index in [1.54, 1.807) is 18.4 Å². The Morgan fingerprint density at radius 3 is 2.59 bits per heavy atom. The summed E-state index contributed by atoms with van der Waals surface area (Å²) < 4.78 is 5.22. The highest BCUT2D eigenvalue weighted by Gasteiger charge is 2.25. The summed E-state index contributed by atoms with van der Waals surface area (Å²) in [5, 5.41) is 3.49. The molecule has 3 rings (SSSR count). The number of piperazine rings is 1. The second kappa shape index (κ2) is 10.9. The van der Waals surface area contributed by atoms with Crippen LogP contribution in [-0.4, -0.2) is 85.5 Å². The molecule has 152 valence electrons. The van der Waals surface area contributed by atoms with Crippen molar-refractivity contribution in [1.29, 1.82) is 0 Å². The second-order valence-corrected chi connectivity index (χ2v) is 7.11. The van der Waals surface area contributed by atoms with Gasteiger partial charge in [0.2, 0.25) is 0 Å². The van der Waals surface area contributed by atoms with Crippen molar-refractivity contribution in [1.82, 2.24) is 20.0 Å². The van der Waals surface area contributed by atoms with Crippen molar-refractivity contribution in [3.8, 4) is 0 Å². The zero-order valence-electron chi connectivity index (χ0n) is 16.4. The number of likely N-dealkylation sites (tertiary alicyclic amines) is 1. The Morgan fingerprint density at radius 2 is 1.96 bits per heavy atom. The second-order valence-electron chi connectivity index (χ2n) is 7.11. The molecule has 1 amide bonds. The van der Waals surface area contributed by atoms with Crippen molar-refractivity contribution in [2.45, 2.75) is 32.2 Å². The summed E-state index contributed by atoms with van der Waals surface area (Å²) in [5.74, 6) is 1.31. The molecule has 3 heterocycles. The van der Waals surface area contributed by atoms with Gasteiger partial charge in [0.05, 0.1) is 6.26 Å². The molecule has 8 heteroatoms. The van der Waals surface area contributed by atoms with E-state index >= 15 is 0 Å².